The number of hydrogen-bond donors (Lipinski definition) is 0. The fourth-order valence-electron chi connectivity index (χ4n) is 2.45. The van der Waals surface area contributed by atoms with Crippen LogP contribution in [0.5, 0.6) is 0 Å². The molecular weight excluding hydrogens is 304 g/mol. The molecule has 3 rings (SSSR count). The first kappa shape index (κ1) is 11.4. The van der Waals surface area contributed by atoms with Crippen LogP contribution in [0.1, 0.15) is 31.4 Å². The zero-order valence-electron chi connectivity index (χ0n) is 9.41. The van der Waals surface area contributed by atoms with E-state index in [2.05, 4.69) is 32.4 Å². The van der Waals surface area contributed by atoms with Crippen molar-refractivity contribution in [2.24, 2.45) is 0 Å². The summed E-state index contributed by atoms with van der Waals surface area (Å²) < 4.78 is 8.45. The van der Waals surface area contributed by atoms with Gasteiger partial charge in [-0.15, -0.1) is 0 Å². The topological polar surface area (TPSA) is 31.0 Å². The zero-order chi connectivity index (χ0) is 12.0. The fraction of sp³-hybridized carbons (Fsp3) is 0.417. The lowest BCUT2D eigenvalue weighted by Crippen LogP contribution is -2.14. The van der Waals surface area contributed by atoms with Gasteiger partial charge in [-0.1, -0.05) is 18.5 Å². The van der Waals surface area contributed by atoms with E-state index >= 15 is 0 Å². The van der Waals surface area contributed by atoms with Gasteiger partial charge in [0.05, 0.1) is 5.69 Å². The summed E-state index contributed by atoms with van der Waals surface area (Å²) in [6.45, 7) is 3.16. The van der Waals surface area contributed by atoms with Gasteiger partial charge in [-0.05, 0) is 46.8 Å². The van der Waals surface area contributed by atoms with Crippen LogP contribution in [-0.4, -0.2) is 9.55 Å². The van der Waals surface area contributed by atoms with Crippen LogP contribution < -0.4 is 0 Å². The van der Waals surface area contributed by atoms with E-state index in [0.717, 1.165) is 30.2 Å². The molecule has 1 atom stereocenters. The van der Waals surface area contributed by atoms with E-state index < -0.39 is 0 Å². The van der Waals surface area contributed by atoms with Crippen molar-refractivity contribution in [3.05, 3.63) is 27.6 Å². The molecule has 1 aliphatic heterocycles. The van der Waals surface area contributed by atoms with Crippen LogP contribution >= 0.6 is 27.5 Å². The second-order valence-electron chi connectivity index (χ2n) is 4.41. The lowest BCUT2D eigenvalue weighted by molar-refractivity contribution is 0.470. The molecule has 0 saturated carbocycles. The first-order valence-corrected chi connectivity index (χ1v) is 6.85. The van der Waals surface area contributed by atoms with Gasteiger partial charge in [0.25, 0.3) is 0 Å². The molecule has 3 nitrogen and oxygen atoms in total. The quantitative estimate of drug-likeness (QED) is 0.778. The Bertz CT molecular complexity index is 561. The predicted molar refractivity (Wildman–Crippen MR) is 70.3 cm³/mol. The first-order chi connectivity index (χ1) is 8.16. The van der Waals surface area contributed by atoms with E-state index in [0.29, 0.717) is 15.7 Å². The molecule has 2 aromatic rings. The summed E-state index contributed by atoms with van der Waals surface area (Å²) in [4.78, 5) is 4.44. The number of rotatable bonds is 1. The van der Waals surface area contributed by atoms with Gasteiger partial charge < -0.3 is 8.98 Å². The maximum absolute atomic E-state index is 6.23. The number of hydrogen-bond acceptors (Lipinski definition) is 2. The van der Waals surface area contributed by atoms with Gasteiger partial charge in [0, 0.05) is 6.54 Å². The minimum absolute atomic E-state index is 0.468. The Hall–Kier alpha value is -0.740. The van der Waals surface area contributed by atoms with E-state index in [1.165, 1.54) is 6.42 Å². The average Bonchev–Trinajstić information content (AvgIpc) is 2.84. The van der Waals surface area contributed by atoms with Crippen LogP contribution in [0.3, 0.4) is 0 Å². The monoisotopic (exact) mass is 314 g/mol. The van der Waals surface area contributed by atoms with Crippen molar-refractivity contribution in [1.29, 1.82) is 0 Å². The molecule has 0 N–H and O–H groups in total. The lowest BCUT2D eigenvalue weighted by atomic mass is 9.98. The number of nitrogens with zero attached hydrogens (tertiary/aromatic N) is 2. The van der Waals surface area contributed by atoms with Crippen molar-refractivity contribution in [3.8, 4) is 11.6 Å². The van der Waals surface area contributed by atoms with Crippen LogP contribution in [0.2, 0.25) is 5.15 Å². The highest BCUT2D eigenvalue weighted by Crippen LogP contribution is 2.37. The van der Waals surface area contributed by atoms with Crippen molar-refractivity contribution in [2.75, 3.05) is 0 Å². The third kappa shape index (κ3) is 1.83. The molecule has 0 radical (unpaired) electrons. The molecule has 0 fully saturated rings. The lowest BCUT2D eigenvalue weighted by Gasteiger charge is -2.21. The van der Waals surface area contributed by atoms with Crippen molar-refractivity contribution in [2.45, 2.75) is 32.2 Å². The largest absolute Gasteiger partial charge is 0.446 e. The Labute approximate surface area is 113 Å². The molecule has 0 aliphatic carbocycles. The van der Waals surface area contributed by atoms with Crippen LogP contribution in [0, 0.1) is 0 Å². The van der Waals surface area contributed by atoms with E-state index in [1.54, 1.807) is 0 Å². The van der Waals surface area contributed by atoms with Gasteiger partial charge in [0.1, 0.15) is 0 Å². The van der Waals surface area contributed by atoms with Crippen LogP contribution in [0.15, 0.2) is 21.2 Å². The predicted octanol–water partition coefficient (Wildman–Crippen LogP) is 4.46. The first-order valence-electron chi connectivity index (χ1n) is 5.68. The Morgan fingerprint density at radius 2 is 2.35 bits per heavy atom. The summed E-state index contributed by atoms with van der Waals surface area (Å²) >= 11 is 9.54. The summed E-state index contributed by atoms with van der Waals surface area (Å²) in [6.07, 6.45) is 2.34. The molecule has 0 saturated heterocycles. The molecule has 0 bridgehead atoms. The highest BCUT2D eigenvalue weighted by molar-refractivity contribution is 9.10. The van der Waals surface area contributed by atoms with Crippen LogP contribution in [0.25, 0.3) is 11.6 Å². The van der Waals surface area contributed by atoms with E-state index in [1.807, 2.05) is 12.1 Å². The molecule has 0 amide bonds. The fourth-order valence-corrected chi connectivity index (χ4v) is 3.12. The standard InChI is InChI=1S/C12H12BrClN2O/c1-7-3-2-6-16-10(7)11(14)15-12(16)8-4-5-9(13)17-8/h4-5,7H,2-3,6H2,1H3. The second kappa shape index (κ2) is 4.18. The third-order valence-corrected chi connectivity index (χ3v) is 3.95. The van der Waals surface area contributed by atoms with E-state index in [-0.39, 0.29) is 0 Å². The van der Waals surface area contributed by atoms with Crippen molar-refractivity contribution >= 4 is 27.5 Å². The van der Waals surface area contributed by atoms with Crippen LogP contribution in [0.4, 0.5) is 0 Å². The number of aromatic nitrogens is 2. The molecule has 5 heteroatoms. The maximum Gasteiger partial charge on any atom is 0.177 e. The zero-order valence-corrected chi connectivity index (χ0v) is 11.8. The minimum atomic E-state index is 0.468. The van der Waals surface area contributed by atoms with Gasteiger partial charge in [0.2, 0.25) is 0 Å². The SMILES string of the molecule is CC1CCCn2c(-c3ccc(Br)o3)nc(Cl)c21. The highest BCUT2D eigenvalue weighted by Gasteiger charge is 2.25. The third-order valence-electron chi connectivity index (χ3n) is 3.24. The Kier molecular flexibility index (Phi) is 2.79. The second-order valence-corrected chi connectivity index (χ2v) is 5.55. The number of furan rings is 1. The maximum atomic E-state index is 6.23. The molecule has 0 aromatic carbocycles. The molecule has 17 heavy (non-hydrogen) atoms. The molecule has 0 spiro atoms. The smallest absolute Gasteiger partial charge is 0.177 e. The summed E-state index contributed by atoms with van der Waals surface area (Å²) in [7, 11) is 0. The number of imidazole rings is 1. The van der Waals surface area contributed by atoms with Crippen LogP contribution in [-0.2, 0) is 6.54 Å². The van der Waals surface area contributed by atoms with E-state index in [4.69, 9.17) is 16.0 Å². The molecular formula is C12H12BrClN2O. The molecule has 1 unspecified atom stereocenters. The molecule has 2 aromatic heterocycles. The van der Waals surface area contributed by atoms with E-state index in [9.17, 15) is 0 Å². The average molecular weight is 316 g/mol. The molecule has 90 valence electrons. The summed E-state index contributed by atoms with van der Waals surface area (Å²) in [5.41, 5.74) is 1.14. The van der Waals surface area contributed by atoms with Crippen molar-refractivity contribution in [3.63, 3.8) is 0 Å². The normalized spacial score (nSPS) is 19.4. The number of halogens is 2. The van der Waals surface area contributed by atoms with Gasteiger partial charge in [-0.25, -0.2) is 4.98 Å². The van der Waals surface area contributed by atoms with Gasteiger partial charge in [-0.2, -0.15) is 0 Å². The molecule has 1 aliphatic rings. The van der Waals surface area contributed by atoms with Crippen molar-refractivity contribution < 1.29 is 4.42 Å². The summed E-state index contributed by atoms with van der Waals surface area (Å²) in [5, 5.41) is 0.611. The Morgan fingerprint density at radius 1 is 1.53 bits per heavy atom. The highest BCUT2D eigenvalue weighted by atomic mass is 79.9. The van der Waals surface area contributed by atoms with Gasteiger partial charge in [0.15, 0.2) is 21.4 Å². The minimum Gasteiger partial charge on any atom is -0.446 e. The Morgan fingerprint density at radius 3 is 3.06 bits per heavy atom. The van der Waals surface area contributed by atoms with Gasteiger partial charge in [-0.3, -0.25) is 0 Å². The van der Waals surface area contributed by atoms with Crippen molar-refractivity contribution in [1.82, 2.24) is 9.55 Å². The molecule has 3 heterocycles. The summed E-state index contributed by atoms with van der Waals surface area (Å²) in [6, 6.07) is 3.78. The summed E-state index contributed by atoms with van der Waals surface area (Å²) in [5.74, 6) is 2.07. The Balaban J connectivity index is 2.16. The van der Waals surface area contributed by atoms with Gasteiger partial charge >= 0.3 is 0 Å². The number of fused-ring (bicyclic) bond motifs is 1.